The number of nitrogens with zero attached hydrogens (tertiary/aromatic N) is 1. The second-order valence-corrected chi connectivity index (χ2v) is 6.48. The van der Waals surface area contributed by atoms with Gasteiger partial charge in [-0.1, -0.05) is 24.3 Å². The van der Waals surface area contributed by atoms with Crippen LogP contribution in [-0.2, 0) is 11.3 Å². The summed E-state index contributed by atoms with van der Waals surface area (Å²) >= 11 is 1.59. The van der Waals surface area contributed by atoms with Crippen molar-refractivity contribution in [3.63, 3.8) is 0 Å². The molecule has 4 nitrogen and oxygen atoms in total. The second-order valence-electron chi connectivity index (χ2n) is 5.37. The van der Waals surface area contributed by atoms with Crippen LogP contribution < -0.4 is 10.1 Å². The van der Waals surface area contributed by atoms with Gasteiger partial charge in [-0.2, -0.15) is 0 Å². The zero-order chi connectivity index (χ0) is 16.2. The van der Waals surface area contributed by atoms with Gasteiger partial charge in [0.2, 0.25) is 0 Å². The smallest absolute Gasteiger partial charge is 0.261 e. The van der Waals surface area contributed by atoms with E-state index in [4.69, 9.17) is 4.74 Å². The number of hydrogen-bond donors (Lipinski definition) is 1. The van der Waals surface area contributed by atoms with Crippen LogP contribution in [0.2, 0.25) is 0 Å². The summed E-state index contributed by atoms with van der Waals surface area (Å²) in [5.74, 6) is 0.554. The number of aromatic nitrogens is 1. The number of rotatable bonds is 5. The summed E-state index contributed by atoms with van der Waals surface area (Å²) in [7, 11) is 0. The van der Waals surface area contributed by atoms with Crippen molar-refractivity contribution < 1.29 is 9.53 Å². The largest absolute Gasteiger partial charge is 0.481 e. The number of thiazole rings is 1. The van der Waals surface area contributed by atoms with Crippen molar-refractivity contribution in [2.75, 3.05) is 0 Å². The molecule has 3 rings (SSSR count). The fourth-order valence-electron chi connectivity index (χ4n) is 2.25. The normalized spacial score (nSPS) is 12.1. The lowest BCUT2D eigenvalue weighted by molar-refractivity contribution is -0.127. The van der Waals surface area contributed by atoms with Gasteiger partial charge in [0, 0.05) is 0 Å². The Kier molecular flexibility index (Phi) is 4.57. The van der Waals surface area contributed by atoms with Gasteiger partial charge in [-0.05, 0) is 43.7 Å². The van der Waals surface area contributed by atoms with Gasteiger partial charge in [-0.3, -0.25) is 4.79 Å². The van der Waals surface area contributed by atoms with E-state index < -0.39 is 6.10 Å². The first kappa shape index (κ1) is 15.5. The zero-order valence-electron chi connectivity index (χ0n) is 13.1. The van der Waals surface area contributed by atoms with Crippen LogP contribution in [0.4, 0.5) is 0 Å². The van der Waals surface area contributed by atoms with E-state index in [1.165, 1.54) is 0 Å². The van der Waals surface area contributed by atoms with E-state index in [0.717, 1.165) is 20.8 Å². The molecule has 0 fully saturated rings. The number of hydrogen-bond acceptors (Lipinski definition) is 4. The van der Waals surface area contributed by atoms with Crippen molar-refractivity contribution in [2.45, 2.75) is 26.5 Å². The summed E-state index contributed by atoms with van der Waals surface area (Å²) in [6.45, 7) is 4.15. The van der Waals surface area contributed by atoms with Crippen molar-refractivity contribution in [3.8, 4) is 5.75 Å². The predicted octanol–water partition coefficient (Wildman–Crippen LogP) is 3.69. The third kappa shape index (κ3) is 3.87. The quantitative estimate of drug-likeness (QED) is 0.778. The first-order valence-corrected chi connectivity index (χ1v) is 8.29. The van der Waals surface area contributed by atoms with Gasteiger partial charge in [-0.25, -0.2) is 4.98 Å². The lowest BCUT2D eigenvalue weighted by Crippen LogP contribution is -2.35. The van der Waals surface area contributed by atoms with E-state index >= 15 is 0 Å². The van der Waals surface area contributed by atoms with Crippen molar-refractivity contribution in [3.05, 3.63) is 59.1 Å². The molecule has 0 spiro atoms. The summed E-state index contributed by atoms with van der Waals surface area (Å²) < 4.78 is 6.80. The number of para-hydroxylation sites is 1. The molecule has 1 amide bonds. The average Bonchev–Trinajstić information content (AvgIpc) is 2.95. The Labute approximate surface area is 139 Å². The summed E-state index contributed by atoms with van der Waals surface area (Å²) in [6, 6.07) is 15.6. The average molecular weight is 326 g/mol. The van der Waals surface area contributed by atoms with Gasteiger partial charge in [0.25, 0.3) is 5.91 Å². The molecule has 1 N–H and O–H groups in total. The topological polar surface area (TPSA) is 51.2 Å². The standard InChI is InChI=1S/C18H18N2O2S/c1-12-6-5-7-14(10-12)22-13(2)18(21)19-11-17-20-15-8-3-4-9-16(15)23-17/h3-10,13H,11H2,1-2H3,(H,19,21). The third-order valence-electron chi connectivity index (χ3n) is 3.42. The molecule has 0 radical (unpaired) electrons. The summed E-state index contributed by atoms with van der Waals surface area (Å²) in [5.41, 5.74) is 2.07. The molecule has 3 aromatic rings. The Balaban J connectivity index is 1.58. The van der Waals surface area contributed by atoms with Gasteiger partial charge < -0.3 is 10.1 Å². The van der Waals surface area contributed by atoms with E-state index in [9.17, 15) is 4.79 Å². The minimum absolute atomic E-state index is 0.147. The molecule has 1 atom stereocenters. The summed E-state index contributed by atoms with van der Waals surface area (Å²) in [6.07, 6.45) is -0.550. The van der Waals surface area contributed by atoms with Gasteiger partial charge in [0.1, 0.15) is 10.8 Å². The lowest BCUT2D eigenvalue weighted by atomic mass is 10.2. The van der Waals surface area contributed by atoms with E-state index in [2.05, 4.69) is 10.3 Å². The number of benzene rings is 2. The second kappa shape index (κ2) is 6.79. The van der Waals surface area contributed by atoms with Crippen molar-refractivity contribution >= 4 is 27.5 Å². The maximum absolute atomic E-state index is 12.2. The Morgan fingerprint density at radius 2 is 2.09 bits per heavy atom. The Hall–Kier alpha value is -2.40. The van der Waals surface area contributed by atoms with Crippen LogP contribution >= 0.6 is 11.3 Å². The molecule has 0 aliphatic heterocycles. The number of nitrogens with one attached hydrogen (secondary N) is 1. The number of ether oxygens (including phenoxy) is 1. The number of aryl methyl sites for hydroxylation is 1. The van der Waals surface area contributed by atoms with Crippen molar-refractivity contribution in [2.24, 2.45) is 0 Å². The van der Waals surface area contributed by atoms with Gasteiger partial charge in [0.05, 0.1) is 16.8 Å². The van der Waals surface area contributed by atoms with Crippen molar-refractivity contribution in [1.82, 2.24) is 10.3 Å². The number of carbonyl (C=O) groups is 1. The van der Waals surface area contributed by atoms with Crippen LogP contribution in [0.25, 0.3) is 10.2 Å². The Morgan fingerprint density at radius 1 is 1.26 bits per heavy atom. The summed E-state index contributed by atoms with van der Waals surface area (Å²) in [4.78, 5) is 16.7. The van der Waals surface area contributed by atoms with Crippen LogP contribution in [0.15, 0.2) is 48.5 Å². The molecule has 0 saturated carbocycles. The molecular weight excluding hydrogens is 308 g/mol. The molecule has 5 heteroatoms. The number of amides is 1. The Morgan fingerprint density at radius 3 is 2.87 bits per heavy atom. The highest BCUT2D eigenvalue weighted by Crippen LogP contribution is 2.21. The Bertz CT molecular complexity index is 796. The first-order valence-electron chi connectivity index (χ1n) is 7.47. The molecular formula is C18H18N2O2S. The molecule has 118 valence electrons. The highest BCUT2D eigenvalue weighted by atomic mass is 32.1. The van der Waals surface area contributed by atoms with Gasteiger partial charge in [0.15, 0.2) is 6.10 Å². The van der Waals surface area contributed by atoms with Crippen LogP contribution in [-0.4, -0.2) is 17.0 Å². The van der Waals surface area contributed by atoms with Gasteiger partial charge in [-0.15, -0.1) is 11.3 Å². The molecule has 1 aromatic heterocycles. The minimum atomic E-state index is -0.550. The highest BCUT2D eigenvalue weighted by molar-refractivity contribution is 7.18. The molecule has 23 heavy (non-hydrogen) atoms. The third-order valence-corrected chi connectivity index (χ3v) is 4.46. The number of fused-ring (bicyclic) bond motifs is 1. The minimum Gasteiger partial charge on any atom is -0.481 e. The van der Waals surface area contributed by atoms with Crippen LogP contribution in [0, 0.1) is 6.92 Å². The highest BCUT2D eigenvalue weighted by Gasteiger charge is 2.15. The predicted molar refractivity (Wildman–Crippen MR) is 92.7 cm³/mol. The van der Waals surface area contributed by atoms with E-state index in [1.54, 1.807) is 18.3 Å². The van der Waals surface area contributed by atoms with E-state index in [1.807, 2.05) is 55.5 Å². The van der Waals surface area contributed by atoms with Crippen LogP contribution in [0.5, 0.6) is 5.75 Å². The molecule has 0 saturated heterocycles. The van der Waals surface area contributed by atoms with Crippen molar-refractivity contribution in [1.29, 1.82) is 0 Å². The molecule has 0 aliphatic carbocycles. The molecule has 0 aliphatic rings. The first-order chi connectivity index (χ1) is 11.1. The summed E-state index contributed by atoms with van der Waals surface area (Å²) in [5, 5.41) is 3.77. The SMILES string of the molecule is Cc1cccc(OC(C)C(=O)NCc2nc3ccccc3s2)c1. The maximum atomic E-state index is 12.2. The molecule has 1 heterocycles. The van der Waals surface area contributed by atoms with E-state index in [0.29, 0.717) is 12.3 Å². The lowest BCUT2D eigenvalue weighted by Gasteiger charge is -2.14. The fraction of sp³-hybridized carbons (Fsp3) is 0.222. The molecule has 0 bridgehead atoms. The van der Waals surface area contributed by atoms with Crippen LogP contribution in [0.3, 0.4) is 0 Å². The van der Waals surface area contributed by atoms with Crippen LogP contribution in [0.1, 0.15) is 17.5 Å². The van der Waals surface area contributed by atoms with Gasteiger partial charge >= 0.3 is 0 Å². The van der Waals surface area contributed by atoms with E-state index in [-0.39, 0.29) is 5.91 Å². The zero-order valence-corrected chi connectivity index (χ0v) is 13.9. The molecule has 1 unspecified atom stereocenters. The maximum Gasteiger partial charge on any atom is 0.261 e. The monoisotopic (exact) mass is 326 g/mol. The fourth-order valence-corrected chi connectivity index (χ4v) is 3.16. The number of carbonyl (C=O) groups excluding carboxylic acids is 1. The molecule has 2 aromatic carbocycles.